The number of nitrogens with zero attached hydrogens (tertiary/aromatic N) is 2. The lowest BCUT2D eigenvalue weighted by atomic mass is 10.1. The summed E-state index contributed by atoms with van der Waals surface area (Å²) in [7, 11) is 0. The number of carbonyl (C=O) groups is 1. The molecular formula is C22H18F4N4O2. The van der Waals surface area contributed by atoms with Crippen molar-refractivity contribution in [2.45, 2.75) is 20.2 Å². The second-order valence-corrected chi connectivity index (χ2v) is 6.88. The zero-order valence-corrected chi connectivity index (χ0v) is 17.0. The van der Waals surface area contributed by atoms with Crippen molar-refractivity contribution in [1.82, 2.24) is 9.97 Å². The number of ketones is 1. The van der Waals surface area contributed by atoms with E-state index in [1.165, 1.54) is 18.2 Å². The highest BCUT2D eigenvalue weighted by atomic mass is 19.4. The molecule has 6 nitrogen and oxygen atoms in total. The van der Waals surface area contributed by atoms with Crippen molar-refractivity contribution in [1.29, 1.82) is 0 Å². The molecule has 0 radical (unpaired) electrons. The molecule has 1 heterocycles. The molecule has 0 unspecified atom stereocenters. The van der Waals surface area contributed by atoms with Crippen LogP contribution in [0, 0.1) is 5.82 Å². The first-order valence-electron chi connectivity index (χ1n) is 9.31. The van der Waals surface area contributed by atoms with Crippen molar-refractivity contribution < 1.29 is 27.1 Å². The van der Waals surface area contributed by atoms with Crippen LogP contribution in [0.25, 0.3) is 0 Å². The third-order valence-corrected chi connectivity index (χ3v) is 3.90. The Balaban J connectivity index is 1.79. The molecule has 0 fully saturated rings. The van der Waals surface area contributed by atoms with E-state index in [0.717, 1.165) is 23.9 Å². The number of hydrogen-bond acceptors (Lipinski definition) is 6. The van der Waals surface area contributed by atoms with Crippen molar-refractivity contribution in [2.75, 3.05) is 10.6 Å². The smallest absolute Gasteiger partial charge is 0.406 e. The second-order valence-electron chi connectivity index (χ2n) is 6.88. The maximum Gasteiger partial charge on any atom is 0.573 e. The van der Waals surface area contributed by atoms with Crippen LogP contribution in [0.3, 0.4) is 0 Å². The molecule has 166 valence electrons. The van der Waals surface area contributed by atoms with Crippen molar-refractivity contribution in [2.24, 2.45) is 0 Å². The quantitative estimate of drug-likeness (QED) is 0.258. The molecule has 0 atom stereocenters. The van der Waals surface area contributed by atoms with Crippen LogP contribution < -0.4 is 15.4 Å². The van der Waals surface area contributed by atoms with Gasteiger partial charge in [0.15, 0.2) is 17.4 Å². The average Bonchev–Trinajstić information content (AvgIpc) is 2.69. The zero-order chi connectivity index (χ0) is 23.3. The normalized spacial score (nSPS) is 10.9. The molecule has 0 saturated heterocycles. The number of allylic oxidation sites excluding steroid dienone is 2. The molecule has 32 heavy (non-hydrogen) atoms. The second kappa shape index (κ2) is 9.46. The van der Waals surface area contributed by atoms with Gasteiger partial charge < -0.3 is 15.4 Å². The van der Waals surface area contributed by atoms with Gasteiger partial charge in [-0.3, -0.25) is 4.79 Å². The Bertz CT molecular complexity index is 1160. The summed E-state index contributed by atoms with van der Waals surface area (Å²) in [5.74, 6) is -1.63. The van der Waals surface area contributed by atoms with Gasteiger partial charge in [0.25, 0.3) is 0 Å². The van der Waals surface area contributed by atoms with Gasteiger partial charge in [0.1, 0.15) is 5.75 Å². The van der Waals surface area contributed by atoms with Crippen molar-refractivity contribution in [3.8, 4) is 5.75 Å². The summed E-state index contributed by atoms with van der Waals surface area (Å²) in [6, 6.07) is 11.5. The summed E-state index contributed by atoms with van der Waals surface area (Å²) in [6.07, 6.45) is -2.43. The largest absolute Gasteiger partial charge is 0.573 e. The molecule has 2 aromatic carbocycles. The fourth-order valence-electron chi connectivity index (χ4n) is 2.65. The number of hydrogen-bond donors (Lipinski definition) is 2. The Morgan fingerprint density at radius 3 is 2.41 bits per heavy atom. The van der Waals surface area contributed by atoms with Crippen molar-refractivity contribution >= 4 is 28.9 Å². The monoisotopic (exact) mass is 446 g/mol. The lowest BCUT2D eigenvalue weighted by molar-refractivity contribution is -0.274. The summed E-state index contributed by atoms with van der Waals surface area (Å²) in [6.45, 7) is 3.60. The van der Waals surface area contributed by atoms with E-state index in [-0.39, 0.29) is 23.2 Å². The summed E-state index contributed by atoms with van der Waals surface area (Å²) in [5.41, 5.74) is 1.88. The first kappa shape index (κ1) is 22.7. The predicted octanol–water partition coefficient (Wildman–Crippen LogP) is 6.15. The van der Waals surface area contributed by atoms with Crippen LogP contribution in [-0.4, -0.2) is 22.1 Å². The Hall–Kier alpha value is -3.95. The number of aromatic nitrogens is 2. The molecule has 0 aliphatic heterocycles. The van der Waals surface area contributed by atoms with E-state index in [0.29, 0.717) is 11.3 Å². The van der Waals surface area contributed by atoms with Gasteiger partial charge in [-0.25, -0.2) is 9.37 Å². The molecule has 10 heteroatoms. The highest BCUT2D eigenvalue weighted by Crippen LogP contribution is 2.27. The predicted molar refractivity (Wildman–Crippen MR) is 112 cm³/mol. The van der Waals surface area contributed by atoms with E-state index < -0.39 is 17.9 Å². The fourth-order valence-corrected chi connectivity index (χ4v) is 2.65. The SMILES string of the molecule is CC(C)=CC(=O)c1cccc(Nc2nc(Nc3cccc(OC(F)(F)F)c3)ncc2F)c1. The maximum atomic E-state index is 14.2. The molecule has 2 N–H and O–H groups in total. The molecule has 1 aromatic heterocycles. The van der Waals surface area contributed by atoms with Crippen LogP contribution in [-0.2, 0) is 0 Å². The van der Waals surface area contributed by atoms with E-state index in [9.17, 15) is 22.4 Å². The Labute approximate surface area is 181 Å². The Morgan fingerprint density at radius 1 is 1.03 bits per heavy atom. The lowest BCUT2D eigenvalue weighted by Crippen LogP contribution is -2.17. The van der Waals surface area contributed by atoms with E-state index in [2.05, 4.69) is 25.3 Å². The Morgan fingerprint density at radius 2 is 1.72 bits per heavy atom. The minimum Gasteiger partial charge on any atom is -0.406 e. The van der Waals surface area contributed by atoms with Crippen LogP contribution in [0.4, 0.5) is 40.7 Å². The summed E-state index contributed by atoms with van der Waals surface area (Å²) >= 11 is 0. The average molecular weight is 446 g/mol. The third kappa shape index (κ3) is 6.53. The standard InChI is InChI=1S/C22H18F4N4O2/c1-13(2)9-19(31)14-5-3-6-15(10-14)28-20-18(23)12-27-21(30-20)29-16-7-4-8-17(11-16)32-22(24,25)26/h3-12H,1-2H3,(H2,27,28,29,30). The van der Waals surface area contributed by atoms with E-state index >= 15 is 0 Å². The van der Waals surface area contributed by atoms with Gasteiger partial charge in [-0.15, -0.1) is 13.2 Å². The molecule has 0 aliphatic carbocycles. The lowest BCUT2D eigenvalue weighted by Gasteiger charge is -2.12. The van der Waals surface area contributed by atoms with Crippen molar-refractivity contribution in [3.05, 3.63) is 77.8 Å². The van der Waals surface area contributed by atoms with Crippen LogP contribution >= 0.6 is 0 Å². The maximum absolute atomic E-state index is 14.2. The molecule has 0 spiro atoms. The number of ether oxygens (including phenoxy) is 1. The third-order valence-electron chi connectivity index (χ3n) is 3.90. The minimum atomic E-state index is -4.83. The fraction of sp³-hybridized carbons (Fsp3) is 0.136. The molecular weight excluding hydrogens is 428 g/mol. The van der Waals surface area contributed by atoms with Gasteiger partial charge in [0, 0.05) is 23.0 Å². The van der Waals surface area contributed by atoms with Crippen LogP contribution in [0.5, 0.6) is 5.75 Å². The van der Waals surface area contributed by atoms with E-state index in [4.69, 9.17) is 0 Å². The van der Waals surface area contributed by atoms with Crippen LogP contribution in [0.2, 0.25) is 0 Å². The van der Waals surface area contributed by atoms with Crippen molar-refractivity contribution in [3.63, 3.8) is 0 Å². The molecule has 0 amide bonds. The number of anilines is 4. The van der Waals surface area contributed by atoms with Crippen LogP contribution in [0.1, 0.15) is 24.2 Å². The highest BCUT2D eigenvalue weighted by Gasteiger charge is 2.31. The Kier molecular flexibility index (Phi) is 6.72. The van der Waals surface area contributed by atoms with Crippen LogP contribution in [0.15, 0.2) is 66.4 Å². The molecule has 0 aliphatic rings. The van der Waals surface area contributed by atoms with Gasteiger partial charge >= 0.3 is 6.36 Å². The number of halogens is 4. The van der Waals surface area contributed by atoms with Gasteiger partial charge in [-0.2, -0.15) is 4.98 Å². The van der Waals surface area contributed by atoms with Gasteiger partial charge in [-0.05, 0) is 44.2 Å². The number of alkyl halides is 3. The van der Waals surface area contributed by atoms with Gasteiger partial charge in [0.2, 0.25) is 5.95 Å². The number of rotatable bonds is 7. The minimum absolute atomic E-state index is 0.0603. The van der Waals surface area contributed by atoms with Gasteiger partial charge in [-0.1, -0.05) is 23.8 Å². The van der Waals surface area contributed by atoms with E-state index in [1.807, 2.05) is 0 Å². The molecule has 3 rings (SSSR count). The summed E-state index contributed by atoms with van der Waals surface area (Å²) in [4.78, 5) is 20.0. The molecule has 0 saturated carbocycles. The highest BCUT2D eigenvalue weighted by molar-refractivity contribution is 6.05. The first-order valence-corrected chi connectivity index (χ1v) is 9.31. The number of nitrogens with one attached hydrogen (secondary N) is 2. The molecule has 0 bridgehead atoms. The summed E-state index contributed by atoms with van der Waals surface area (Å²) < 4.78 is 55.3. The number of carbonyl (C=O) groups excluding carboxylic acids is 1. The zero-order valence-electron chi connectivity index (χ0n) is 17.0. The molecule has 3 aromatic rings. The van der Waals surface area contributed by atoms with E-state index in [1.54, 1.807) is 38.1 Å². The summed E-state index contributed by atoms with van der Waals surface area (Å²) in [5, 5.41) is 5.47. The van der Waals surface area contributed by atoms with Gasteiger partial charge in [0.05, 0.1) is 6.20 Å². The topological polar surface area (TPSA) is 76.1 Å². The first-order chi connectivity index (χ1) is 15.1. The number of benzene rings is 2.